The zero-order chi connectivity index (χ0) is 18.2. The van der Waals surface area contributed by atoms with Gasteiger partial charge in [0.15, 0.2) is 5.11 Å². The summed E-state index contributed by atoms with van der Waals surface area (Å²) in [5, 5.41) is 7.22. The molecule has 25 heavy (non-hydrogen) atoms. The van der Waals surface area contributed by atoms with Crippen LogP contribution in [0, 0.1) is 0 Å². The molecule has 132 valence electrons. The largest absolute Gasteiger partial charge is 0.465 e. The van der Waals surface area contributed by atoms with Crippen LogP contribution in [0.15, 0.2) is 48.5 Å². The zero-order valence-electron chi connectivity index (χ0n) is 14.2. The van der Waals surface area contributed by atoms with Gasteiger partial charge in [0.2, 0.25) is 0 Å². The van der Waals surface area contributed by atoms with Crippen LogP contribution in [-0.4, -0.2) is 24.2 Å². The minimum Gasteiger partial charge on any atom is -0.465 e. The number of esters is 1. The number of halogens is 1. The van der Waals surface area contributed by atoms with Crippen LogP contribution in [0.2, 0.25) is 5.02 Å². The van der Waals surface area contributed by atoms with Crippen molar-refractivity contribution in [3.63, 3.8) is 0 Å². The monoisotopic (exact) mass is 376 g/mol. The summed E-state index contributed by atoms with van der Waals surface area (Å²) in [6.07, 6.45) is 1.91. The second kappa shape index (κ2) is 9.39. The second-order valence-corrected chi connectivity index (χ2v) is 6.53. The van der Waals surface area contributed by atoms with Crippen molar-refractivity contribution in [2.24, 2.45) is 0 Å². The zero-order valence-corrected chi connectivity index (χ0v) is 15.8. The number of aryl methyl sites for hydroxylation is 1. The van der Waals surface area contributed by atoms with E-state index in [1.54, 1.807) is 18.2 Å². The molecule has 0 amide bonds. The molecule has 0 unspecified atom stereocenters. The van der Waals surface area contributed by atoms with Gasteiger partial charge in [0.05, 0.1) is 23.4 Å². The molecule has 0 heterocycles. The van der Waals surface area contributed by atoms with Crippen molar-refractivity contribution in [2.75, 3.05) is 12.4 Å². The van der Waals surface area contributed by atoms with Crippen LogP contribution < -0.4 is 10.6 Å². The van der Waals surface area contributed by atoms with Crippen LogP contribution in [-0.2, 0) is 11.2 Å². The maximum Gasteiger partial charge on any atom is 0.337 e. The highest BCUT2D eigenvalue weighted by atomic mass is 35.5. The summed E-state index contributed by atoms with van der Waals surface area (Å²) in [5.74, 6) is -0.421. The van der Waals surface area contributed by atoms with Crippen molar-refractivity contribution in [1.82, 2.24) is 5.32 Å². The average molecular weight is 377 g/mol. The van der Waals surface area contributed by atoms with Crippen molar-refractivity contribution in [3.8, 4) is 0 Å². The maximum atomic E-state index is 11.6. The Morgan fingerprint density at radius 2 is 1.96 bits per heavy atom. The van der Waals surface area contributed by atoms with Gasteiger partial charge in [-0.15, -0.1) is 0 Å². The van der Waals surface area contributed by atoms with E-state index in [9.17, 15) is 4.79 Å². The first-order valence-corrected chi connectivity index (χ1v) is 8.77. The maximum absolute atomic E-state index is 11.6. The number of benzene rings is 2. The molecular formula is C19H21ClN2O2S. The first-order valence-electron chi connectivity index (χ1n) is 7.99. The third-order valence-corrected chi connectivity index (χ3v) is 4.27. The average Bonchev–Trinajstić information content (AvgIpc) is 2.62. The SMILES string of the molecule is COC(=O)c1ccc(Cl)c(NC(=S)N[C@H](C)CCc2ccccc2)c1. The molecule has 0 radical (unpaired) electrons. The van der Waals surface area contributed by atoms with Crippen LogP contribution in [0.1, 0.15) is 29.3 Å². The van der Waals surface area contributed by atoms with Crippen LogP contribution in [0.5, 0.6) is 0 Å². The smallest absolute Gasteiger partial charge is 0.337 e. The molecule has 1 atom stereocenters. The summed E-state index contributed by atoms with van der Waals surface area (Å²) in [6, 6.07) is 15.4. The summed E-state index contributed by atoms with van der Waals surface area (Å²) in [6.45, 7) is 2.07. The predicted molar refractivity (Wildman–Crippen MR) is 106 cm³/mol. The first kappa shape index (κ1) is 19.2. The topological polar surface area (TPSA) is 50.4 Å². The lowest BCUT2D eigenvalue weighted by atomic mass is 10.1. The first-order chi connectivity index (χ1) is 12.0. The van der Waals surface area contributed by atoms with Gasteiger partial charge in [-0.2, -0.15) is 0 Å². The lowest BCUT2D eigenvalue weighted by molar-refractivity contribution is 0.0601. The van der Waals surface area contributed by atoms with Crippen LogP contribution in [0.3, 0.4) is 0 Å². The fourth-order valence-electron chi connectivity index (χ4n) is 2.35. The van der Waals surface area contributed by atoms with Crippen LogP contribution in [0.4, 0.5) is 5.69 Å². The van der Waals surface area contributed by atoms with E-state index in [0.29, 0.717) is 21.4 Å². The summed E-state index contributed by atoms with van der Waals surface area (Å²) < 4.78 is 4.72. The summed E-state index contributed by atoms with van der Waals surface area (Å²) >= 11 is 11.5. The minimum absolute atomic E-state index is 0.197. The fourth-order valence-corrected chi connectivity index (χ4v) is 2.82. The predicted octanol–water partition coefficient (Wildman–Crippen LogP) is 4.43. The minimum atomic E-state index is -0.421. The Morgan fingerprint density at radius 1 is 1.24 bits per heavy atom. The molecule has 0 aromatic heterocycles. The van der Waals surface area contributed by atoms with Gasteiger partial charge in [-0.1, -0.05) is 41.9 Å². The highest BCUT2D eigenvalue weighted by Crippen LogP contribution is 2.23. The molecule has 0 aliphatic rings. The fraction of sp³-hybridized carbons (Fsp3) is 0.263. The Bertz CT molecular complexity index is 737. The molecule has 0 bridgehead atoms. The van der Waals surface area contributed by atoms with Crippen LogP contribution in [0.25, 0.3) is 0 Å². The highest BCUT2D eigenvalue weighted by molar-refractivity contribution is 7.80. The third-order valence-electron chi connectivity index (χ3n) is 3.72. The van der Waals surface area contributed by atoms with Gasteiger partial charge >= 0.3 is 5.97 Å². The third kappa shape index (κ3) is 6.03. The van der Waals surface area contributed by atoms with Crippen molar-refractivity contribution in [1.29, 1.82) is 0 Å². The molecule has 0 aliphatic heterocycles. The number of nitrogens with one attached hydrogen (secondary N) is 2. The highest BCUT2D eigenvalue weighted by Gasteiger charge is 2.11. The number of ether oxygens (including phenoxy) is 1. The van der Waals surface area contributed by atoms with Crippen molar-refractivity contribution in [2.45, 2.75) is 25.8 Å². The molecule has 2 aromatic rings. The summed E-state index contributed by atoms with van der Waals surface area (Å²) in [7, 11) is 1.34. The Hall–Kier alpha value is -2.11. The van der Waals surface area contributed by atoms with Gasteiger partial charge in [0.1, 0.15) is 0 Å². The molecule has 2 rings (SSSR count). The van der Waals surface area contributed by atoms with Crippen molar-refractivity contribution < 1.29 is 9.53 Å². The number of methoxy groups -OCH3 is 1. The van der Waals surface area contributed by atoms with Gasteiger partial charge in [-0.05, 0) is 55.7 Å². The second-order valence-electron chi connectivity index (χ2n) is 5.71. The Morgan fingerprint density at radius 3 is 2.64 bits per heavy atom. The van der Waals surface area contributed by atoms with Gasteiger partial charge in [-0.3, -0.25) is 0 Å². The van der Waals surface area contributed by atoms with Gasteiger partial charge in [0.25, 0.3) is 0 Å². The molecular weight excluding hydrogens is 356 g/mol. The molecule has 0 spiro atoms. The number of anilines is 1. The molecule has 4 nitrogen and oxygen atoms in total. The van der Waals surface area contributed by atoms with E-state index < -0.39 is 5.97 Å². The van der Waals surface area contributed by atoms with Crippen LogP contribution >= 0.6 is 23.8 Å². The van der Waals surface area contributed by atoms with E-state index in [4.69, 9.17) is 28.6 Å². The number of carbonyl (C=O) groups is 1. The molecule has 2 aromatic carbocycles. The lowest BCUT2D eigenvalue weighted by Gasteiger charge is -2.18. The number of thiocarbonyl (C=S) groups is 1. The number of hydrogen-bond acceptors (Lipinski definition) is 3. The molecule has 0 saturated heterocycles. The molecule has 0 saturated carbocycles. The summed E-state index contributed by atoms with van der Waals surface area (Å²) in [4.78, 5) is 11.6. The van der Waals surface area contributed by atoms with E-state index in [-0.39, 0.29) is 6.04 Å². The van der Waals surface area contributed by atoms with Crippen molar-refractivity contribution >= 4 is 40.6 Å². The van der Waals surface area contributed by atoms with Gasteiger partial charge < -0.3 is 15.4 Å². The quantitative estimate of drug-likeness (QED) is 0.576. The Labute approximate surface area is 158 Å². The van der Waals surface area contributed by atoms with E-state index >= 15 is 0 Å². The normalized spacial score (nSPS) is 11.5. The molecule has 0 aliphatic carbocycles. The number of rotatable bonds is 6. The lowest BCUT2D eigenvalue weighted by Crippen LogP contribution is -2.36. The molecule has 2 N–H and O–H groups in total. The van der Waals surface area contributed by atoms with E-state index in [0.717, 1.165) is 12.8 Å². The van der Waals surface area contributed by atoms with Crippen molar-refractivity contribution in [3.05, 3.63) is 64.7 Å². The van der Waals surface area contributed by atoms with Gasteiger partial charge in [0, 0.05) is 6.04 Å². The molecule has 6 heteroatoms. The number of carbonyl (C=O) groups excluding carboxylic acids is 1. The van der Waals surface area contributed by atoms with E-state index in [2.05, 4.69) is 29.7 Å². The van der Waals surface area contributed by atoms with E-state index in [1.807, 2.05) is 18.2 Å². The molecule has 0 fully saturated rings. The number of hydrogen-bond donors (Lipinski definition) is 2. The summed E-state index contributed by atoms with van der Waals surface area (Å²) in [5.41, 5.74) is 2.27. The van der Waals surface area contributed by atoms with Gasteiger partial charge in [-0.25, -0.2) is 4.79 Å². The van der Waals surface area contributed by atoms with E-state index in [1.165, 1.54) is 12.7 Å². The Balaban J connectivity index is 1.90. The Kier molecular flexibility index (Phi) is 7.22. The standard InChI is InChI=1S/C19H21ClN2O2S/c1-13(8-9-14-6-4-3-5-7-14)21-19(25)22-17-12-15(18(23)24-2)10-11-16(17)20/h3-7,10-13H,8-9H2,1-2H3,(H2,21,22,25)/t13-/m1/s1.